The monoisotopic (exact) mass is 680 g/mol. The minimum atomic E-state index is -4.46. The molecule has 0 fully saturated rings. The van der Waals surface area contributed by atoms with Crippen LogP contribution < -0.4 is 15.7 Å². The summed E-state index contributed by atoms with van der Waals surface area (Å²) in [4.78, 5) is 3.87. The summed E-state index contributed by atoms with van der Waals surface area (Å²) in [5.74, 6) is 0. The van der Waals surface area contributed by atoms with Crippen LogP contribution in [0.5, 0.6) is 0 Å². The van der Waals surface area contributed by atoms with E-state index in [1.165, 1.54) is 16.8 Å². The summed E-state index contributed by atoms with van der Waals surface area (Å²) in [5.41, 5.74) is -0.494. The Morgan fingerprint density at radius 3 is 1.50 bits per heavy atom. The molecule has 4 rings (SSSR count). The van der Waals surface area contributed by atoms with Crippen LogP contribution >= 0.6 is 15.8 Å². The van der Waals surface area contributed by atoms with Crippen LogP contribution in [0.3, 0.4) is 0 Å². The number of benzene rings is 2. The van der Waals surface area contributed by atoms with Crippen LogP contribution in [-0.4, -0.2) is 36.7 Å². The van der Waals surface area contributed by atoms with Crippen molar-refractivity contribution in [2.45, 2.75) is 6.18 Å². The van der Waals surface area contributed by atoms with Gasteiger partial charge in [-0.2, -0.15) is 13.2 Å². The van der Waals surface area contributed by atoms with Gasteiger partial charge < -0.3 is 10.2 Å². The summed E-state index contributed by atoms with van der Waals surface area (Å²) < 4.78 is 36.6. The first kappa shape index (κ1) is 30.1. The Labute approximate surface area is 215 Å². The molecule has 1 radical (unpaired) electrons. The molecule has 0 aliphatic heterocycles. The van der Waals surface area contributed by atoms with Gasteiger partial charge in [0.2, 0.25) is 0 Å². The SMILES string of the molecule is CP(C)c1ccccc1.CP(C)c1ccccc1.FC(F)(F)c1cc(-c2ccccn2)[n-]n1.[Os+]. The third-order valence-corrected chi connectivity index (χ3v) is 6.96. The smallest absolute Gasteiger partial charge is 0.573 e. The summed E-state index contributed by atoms with van der Waals surface area (Å²) in [7, 11) is 0.209. The summed E-state index contributed by atoms with van der Waals surface area (Å²) in [5, 5.41) is 9.43. The zero-order chi connectivity index (χ0) is 24.3. The van der Waals surface area contributed by atoms with E-state index in [0.717, 1.165) is 6.07 Å². The minimum Gasteiger partial charge on any atom is -0.573 e. The van der Waals surface area contributed by atoms with Crippen LogP contribution in [-0.2, 0) is 26.0 Å². The average molecular weight is 679 g/mol. The van der Waals surface area contributed by atoms with Gasteiger partial charge in [-0.25, -0.2) is 0 Å². The van der Waals surface area contributed by atoms with E-state index in [4.69, 9.17) is 0 Å². The van der Waals surface area contributed by atoms with Crippen molar-refractivity contribution < 1.29 is 33.0 Å². The summed E-state index contributed by atoms with van der Waals surface area (Å²) in [6, 6.07) is 27.0. The average Bonchev–Trinajstić information content (AvgIpc) is 3.33. The molecular weight excluding hydrogens is 651 g/mol. The van der Waals surface area contributed by atoms with E-state index in [9.17, 15) is 13.2 Å². The van der Waals surface area contributed by atoms with E-state index >= 15 is 0 Å². The van der Waals surface area contributed by atoms with Crippen molar-refractivity contribution in [3.63, 3.8) is 0 Å². The molecule has 0 bridgehead atoms. The molecule has 0 amide bonds. The Hall–Kier alpha value is -1.91. The Balaban J connectivity index is 0.000000266. The molecule has 0 aliphatic rings. The second-order valence-electron chi connectivity index (χ2n) is 7.29. The molecule has 2 heterocycles. The molecule has 0 saturated carbocycles. The molecule has 0 N–H and O–H groups in total. The zero-order valence-corrected chi connectivity index (χ0v) is 23.7. The number of aromatic nitrogens is 3. The minimum absolute atomic E-state index is 0. The van der Waals surface area contributed by atoms with Crippen molar-refractivity contribution in [3.05, 3.63) is 96.8 Å². The van der Waals surface area contributed by atoms with Crippen LogP contribution in [0.2, 0.25) is 0 Å². The van der Waals surface area contributed by atoms with Gasteiger partial charge in [-0.1, -0.05) is 88.3 Å². The van der Waals surface area contributed by atoms with Crippen molar-refractivity contribution in [1.82, 2.24) is 15.2 Å². The number of hydrogen-bond acceptors (Lipinski definition) is 2. The van der Waals surface area contributed by atoms with Gasteiger partial charge in [0, 0.05) is 11.9 Å². The molecule has 2 aromatic carbocycles. The third-order valence-electron chi connectivity index (χ3n) is 4.30. The van der Waals surface area contributed by atoms with E-state index in [1.54, 1.807) is 18.2 Å². The van der Waals surface area contributed by atoms with Gasteiger partial charge in [-0.3, -0.25) is 4.98 Å². The van der Waals surface area contributed by atoms with Gasteiger partial charge in [-0.05, 0) is 55.5 Å². The first-order chi connectivity index (χ1) is 15.7. The third kappa shape index (κ3) is 10.6. The number of nitrogens with zero attached hydrogens (tertiary/aromatic N) is 3. The van der Waals surface area contributed by atoms with Gasteiger partial charge in [0.05, 0.1) is 0 Å². The topological polar surface area (TPSA) is 39.9 Å². The molecule has 0 saturated heterocycles. The molecule has 0 aliphatic carbocycles. The fourth-order valence-electron chi connectivity index (χ4n) is 2.53. The van der Waals surface area contributed by atoms with Gasteiger partial charge in [0.1, 0.15) is 5.69 Å². The van der Waals surface area contributed by atoms with Crippen LogP contribution in [0, 0.1) is 0 Å². The Morgan fingerprint density at radius 1 is 0.706 bits per heavy atom. The van der Waals surface area contributed by atoms with Crippen LogP contribution in [0.1, 0.15) is 5.69 Å². The van der Waals surface area contributed by atoms with Gasteiger partial charge in [0.25, 0.3) is 0 Å². The van der Waals surface area contributed by atoms with Crippen molar-refractivity contribution >= 4 is 26.5 Å². The standard InChI is InChI=1S/C9H5F3N3.2C8H11P.Os/c10-9(11,12)8-5-7(14-15-8)6-3-1-2-4-13-6;2*1-9(2)8-6-4-3-5-7-8;/h1-5H;2*3-7H,1-2H3;/q-1;;;+1. The molecule has 34 heavy (non-hydrogen) atoms. The molecule has 9 heteroatoms. The Bertz CT molecular complexity index is 1020. The fourth-order valence-corrected chi connectivity index (χ4v) is 4.06. The van der Waals surface area contributed by atoms with E-state index in [-0.39, 0.29) is 41.3 Å². The molecule has 2 aromatic heterocycles. The Kier molecular flexibility index (Phi) is 13.4. The normalized spacial score (nSPS) is 10.5. The largest absolute Gasteiger partial charge is 1.00 e. The molecule has 0 atom stereocenters. The maximum atomic E-state index is 12.2. The van der Waals surface area contributed by atoms with Crippen molar-refractivity contribution in [2.24, 2.45) is 0 Å². The van der Waals surface area contributed by atoms with Gasteiger partial charge in [0.15, 0.2) is 0 Å². The molecular formula is C25H27F3N3OsP2. The Morgan fingerprint density at radius 2 is 1.18 bits per heavy atom. The molecule has 0 spiro atoms. The van der Waals surface area contributed by atoms with Gasteiger partial charge in [-0.15, -0.1) is 0 Å². The first-order valence-electron chi connectivity index (χ1n) is 10.1. The predicted molar refractivity (Wildman–Crippen MR) is 135 cm³/mol. The van der Waals surface area contributed by atoms with E-state index in [1.807, 2.05) is 0 Å². The predicted octanol–water partition coefficient (Wildman–Crippen LogP) is 6.22. The summed E-state index contributed by atoms with van der Waals surface area (Å²) in [6.07, 6.45) is -2.97. The second kappa shape index (κ2) is 15.2. The maximum absolute atomic E-state index is 12.2. The van der Waals surface area contributed by atoms with Gasteiger partial charge >= 0.3 is 26.0 Å². The summed E-state index contributed by atoms with van der Waals surface area (Å²) in [6.45, 7) is 9.07. The number of alkyl halides is 3. The fraction of sp³-hybridized carbons (Fsp3) is 0.200. The first-order valence-corrected chi connectivity index (χ1v) is 14.6. The van der Waals surface area contributed by atoms with Crippen LogP contribution in [0.25, 0.3) is 11.4 Å². The van der Waals surface area contributed by atoms with Crippen LogP contribution in [0.15, 0.2) is 91.1 Å². The second-order valence-corrected chi connectivity index (χ2v) is 11.9. The van der Waals surface area contributed by atoms with E-state index in [0.29, 0.717) is 5.69 Å². The molecule has 4 aromatic rings. The van der Waals surface area contributed by atoms with E-state index < -0.39 is 11.9 Å². The van der Waals surface area contributed by atoms with Crippen molar-refractivity contribution in [1.29, 1.82) is 0 Å². The molecule has 0 unspecified atom stereocenters. The van der Waals surface area contributed by atoms with Crippen molar-refractivity contribution in [2.75, 3.05) is 26.7 Å². The maximum Gasteiger partial charge on any atom is 1.00 e. The van der Waals surface area contributed by atoms with E-state index in [2.05, 4.69) is 103 Å². The molecule has 3 nitrogen and oxygen atoms in total. The number of pyridine rings is 1. The van der Waals surface area contributed by atoms with Crippen molar-refractivity contribution in [3.8, 4) is 11.4 Å². The number of hydrogen-bond donors (Lipinski definition) is 0. The zero-order valence-electron chi connectivity index (χ0n) is 19.4. The number of halogens is 3. The molecule has 181 valence electrons. The summed E-state index contributed by atoms with van der Waals surface area (Å²) >= 11 is 0. The van der Waals surface area contributed by atoms with Crippen LogP contribution in [0.4, 0.5) is 13.2 Å². The quantitative estimate of drug-likeness (QED) is 0.242. The number of rotatable bonds is 3.